The average Bonchev–Trinajstić information content (AvgIpc) is 3.10. The summed E-state index contributed by atoms with van der Waals surface area (Å²) in [5.41, 5.74) is 5.81. The lowest BCUT2D eigenvalue weighted by molar-refractivity contribution is 0.302. The van der Waals surface area contributed by atoms with Crippen LogP contribution in [0.15, 0.2) is 30.1 Å². The Hall–Kier alpha value is -2.03. The summed E-state index contributed by atoms with van der Waals surface area (Å²) in [4.78, 5) is 4.35. The van der Waals surface area contributed by atoms with E-state index in [2.05, 4.69) is 54.7 Å². The highest BCUT2D eigenvalue weighted by atomic mass is 16.5. The minimum Gasteiger partial charge on any atom is -0.493 e. The van der Waals surface area contributed by atoms with Crippen molar-refractivity contribution >= 4 is 6.08 Å². The third-order valence-electron chi connectivity index (χ3n) is 5.64. The Morgan fingerprint density at radius 1 is 1.15 bits per heavy atom. The monoisotopic (exact) mass is 366 g/mol. The maximum atomic E-state index is 6.16. The summed E-state index contributed by atoms with van der Waals surface area (Å²) < 4.78 is 8.39. The SMILES string of the molecule is CCCCCOc1ccc(/C=C(/CC)Cn2ccnc2C)c2c1CCCC2. The molecule has 1 aromatic heterocycles. The Morgan fingerprint density at radius 2 is 1.96 bits per heavy atom. The van der Waals surface area contributed by atoms with Gasteiger partial charge in [-0.05, 0) is 68.2 Å². The zero-order valence-corrected chi connectivity index (χ0v) is 17.3. The van der Waals surface area contributed by atoms with Gasteiger partial charge in [0.05, 0.1) is 6.61 Å². The molecule has 2 aromatic rings. The van der Waals surface area contributed by atoms with Gasteiger partial charge in [0.15, 0.2) is 0 Å². The van der Waals surface area contributed by atoms with Crippen molar-refractivity contribution in [2.24, 2.45) is 0 Å². The molecule has 3 heteroatoms. The van der Waals surface area contributed by atoms with E-state index in [0.717, 1.165) is 44.0 Å². The topological polar surface area (TPSA) is 27.1 Å². The molecule has 27 heavy (non-hydrogen) atoms. The highest BCUT2D eigenvalue weighted by Crippen LogP contribution is 2.34. The number of hydrogen-bond donors (Lipinski definition) is 0. The Bertz CT molecular complexity index is 773. The van der Waals surface area contributed by atoms with Crippen LogP contribution in [0.1, 0.15) is 74.9 Å². The number of hydrogen-bond acceptors (Lipinski definition) is 2. The molecule has 0 fully saturated rings. The molecule has 1 aliphatic carbocycles. The van der Waals surface area contributed by atoms with Gasteiger partial charge in [-0.3, -0.25) is 0 Å². The van der Waals surface area contributed by atoms with Crippen LogP contribution < -0.4 is 4.74 Å². The number of imidazole rings is 1. The molecule has 0 aliphatic heterocycles. The number of aromatic nitrogens is 2. The van der Waals surface area contributed by atoms with Crippen molar-refractivity contribution in [3.05, 3.63) is 52.6 Å². The Labute approximate surface area is 164 Å². The van der Waals surface area contributed by atoms with E-state index in [9.17, 15) is 0 Å². The molecule has 0 spiro atoms. The van der Waals surface area contributed by atoms with Crippen LogP contribution in [-0.2, 0) is 19.4 Å². The molecule has 0 unspecified atom stereocenters. The standard InChI is InChI=1S/C24H34N2O/c1-4-6-9-16-27-24-13-12-21(22-10-7-8-11-23(22)24)17-20(5-2)18-26-15-14-25-19(26)3/h12-15,17H,4-11,16,18H2,1-3H3/b20-17-. The third kappa shape index (κ3) is 5.03. The van der Waals surface area contributed by atoms with Gasteiger partial charge in [0, 0.05) is 18.9 Å². The fourth-order valence-electron chi connectivity index (χ4n) is 3.94. The summed E-state index contributed by atoms with van der Waals surface area (Å²) in [5, 5.41) is 0. The number of ether oxygens (including phenoxy) is 1. The van der Waals surface area contributed by atoms with E-state index >= 15 is 0 Å². The smallest absolute Gasteiger partial charge is 0.122 e. The maximum absolute atomic E-state index is 6.16. The number of rotatable bonds is 9. The van der Waals surface area contributed by atoms with Gasteiger partial charge in [-0.1, -0.05) is 44.4 Å². The summed E-state index contributed by atoms with van der Waals surface area (Å²) in [6.07, 6.45) is 15.9. The number of allylic oxidation sites excluding steroid dienone is 1. The van der Waals surface area contributed by atoms with Gasteiger partial charge in [0.1, 0.15) is 11.6 Å². The fraction of sp³-hybridized carbons (Fsp3) is 0.542. The van der Waals surface area contributed by atoms with E-state index < -0.39 is 0 Å². The molecular weight excluding hydrogens is 332 g/mol. The first kappa shape index (κ1) is 19.7. The van der Waals surface area contributed by atoms with Crippen LogP contribution in [0.5, 0.6) is 5.75 Å². The van der Waals surface area contributed by atoms with Crippen molar-refractivity contribution in [1.29, 1.82) is 0 Å². The summed E-state index contributed by atoms with van der Waals surface area (Å²) in [5.74, 6) is 2.20. The largest absolute Gasteiger partial charge is 0.493 e. The molecule has 0 atom stereocenters. The number of unbranched alkanes of at least 4 members (excludes halogenated alkanes) is 2. The Morgan fingerprint density at radius 3 is 2.67 bits per heavy atom. The maximum Gasteiger partial charge on any atom is 0.122 e. The van der Waals surface area contributed by atoms with Crippen molar-refractivity contribution in [1.82, 2.24) is 9.55 Å². The lowest BCUT2D eigenvalue weighted by Gasteiger charge is -2.22. The third-order valence-corrected chi connectivity index (χ3v) is 5.64. The number of fused-ring (bicyclic) bond motifs is 1. The van der Waals surface area contributed by atoms with E-state index in [1.807, 2.05) is 6.20 Å². The molecule has 1 aromatic carbocycles. The molecule has 0 radical (unpaired) electrons. The van der Waals surface area contributed by atoms with Crippen LogP contribution in [-0.4, -0.2) is 16.2 Å². The number of nitrogens with zero attached hydrogens (tertiary/aromatic N) is 2. The van der Waals surface area contributed by atoms with Crippen molar-refractivity contribution < 1.29 is 4.74 Å². The normalized spacial score (nSPS) is 14.3. The second-order valence-electron chi connectivity index (χ2n) is 7.63. The van der Waals surface area contributed by atoms with Gasteiger partial charge in [-0.2, -0.15) is 0 Å². The average molecular weight is 367 g/mol. The first-order chi connectivity index (χ1) is 13.2. The van der Waals surface area contributed by atoms with Crippen molar-refractivity contribution in [3.8, 4) is 5.75 Å². The van der Waals surface area contributed by atoms with Gasteiger partial charge >= 0.3 is 0 Å². The summed E-state index contributed by atoms with van der Waals surface area (Å²) >= 11 is 0. The van der Waals surface area contributed by atoms with E-state index in [1.165, 1.54) is 54.4 Å². The van der Waals surface area contributed by atoms with Gasteiger partial charge in [0.2, 0.25) is 0 Å². The molecule has 1 aliphatic rings. The summed E-state index contributed by atoms with van der Waals surface area (Å²) in [6, 6.07) is 4.48. The first-order valence-electron chi connectivity index (χ1n) is 10.7. The lowest BCUT2D eigenvalue weighted by atomic mass is 9.86. The van der Waals surface area contributed by atoms with Gasteiger partial charge in [0.25, 0.3) is 0 Å². The molecule has 1 heterocycles. The minimum atomic E-state index is 0.843. The highest BCUT2D eigenvalue weighted by molar-refractivity contribution is 5.62. The first-order valence-corrected chi connectivity index (χ1v) is 10.7. The van der Waals surface area contributed by atoms with Crippen LogP contribution in [0.25, 0.3) is 6.08 Å². The molecule has 146 valence electrons. The van der Waals surface area contributed by atoms with Crippen LogP contribution in [0, 0.1) is 6.92 Å². The van der Waals surface area contributed by atoms with Gasteiger partial charge in [-0.15, -0.1) is 0 Å². The predicted octanol–water partition coefficient (Wildman–Crippen LogP) is 6.13. The summed E-state index contributed by atoms with van der Waals surface area (Å²) in [6.45, 7) is 8.32. The zero-order chi connectivity index (χ0) is 19.1. The minimum absolute atomic E-state index is 0.843. The Balaban J connectivity index is 1.83. The van der Waals surface area contributed by atoms with Crippen LogP contribution in [0.2, 0.25) is 0 Å². The van der Waals surface area contributed by atoms with E-state index in [-0.39, 0.29) is 0 Å². The molecule has 0 saturated heterocycles. The summed E-state index contributed by atoms with van der Waals surface area (Å²) in [7, 11) is 0. The highest BCUT2D eigenvalue weighted by Gasteiger charge is 2.17. The number of benzene rings is 1. The zero-order valence-electron chi connectivity index (χ0n) is 17.3. The van der Waals surface area contributed by atoms with Crippen LogP contribution >= 0.6 is 0 Å². The molecule has 3 nitrogen and oxygen atoms in total. The number of aryl methyl sites for hydroxylation is 1. The van der Waals surface area contributed by atoms with Crippen molar-refractivity contribution in [3.63, 3.8) is 0 Å². The molecule has 0 amide bonds. The Kier molecular flexibility index (Phi) is 7.14. The van der Waals surface area contributed by atoms with Gasteiger partial charge < -0.3 is 9.30 Å². The van der Waals surface area contributed by atoms with Crippen LogP contribution in [0.4, 0.5) is 0 Å². The van der Waals surface area contributed by atoms with Crippen molar-refractivity contribution in [2.75, 3.05) is 6.61 Å². The molecule has 0 N–H and O–H groups in total. The second-order valence-corrected chi connectivity index (χ2v) is 7.63. The quantitative estimate of drug-likeness (QED) is 0.499. The predicted molar refractivity (Wildman–Crippen MR) is 113 cm³/mol. The molecule has 0 bridgehead atoms. The molecular formula is C24H34N2O. The van der Waals surface area contributed by atoms with E-state index in [1.54, 1.807) is 0 Å². The van der Waals surface area contributed by atoms with Crippen molar-refractivity contribution in [2.45, 2.75) is 78.7 Å². The lowest BCUT2D eigenvalue weighted by Crippen LogP contribution is -2.09. The second kappa shape index (κ2) is 9.77. The molecule has 0 saturated carbocycles. The van der Waals surface area contributed by atoms with E-state index in [0.29, 0.717) is 0 Å². The fourth-order valence-corrected chi connectivity index (χ4v) is 3.94. The van der Waals surface area contributed by atoms with Crippen LogP contribution in [0.3, 0.4) is 0 Å². The molecule has 3 rings (SSSR count). The van der Waals surface area contributed by atoms with E-state index in [4.69, 9.17) is 4.74 Å². The van der Waals surface area contributed by atoms with Gasteiger partial charge in [-0.25, -0.2) is 4.98 Å².